The molecule has 0 atom stereocenters. The van der Waals surface area contributed by atoms with E-state index >= 15 is 0 Å². The van der Waals surface area contributed by atoms with Crippen LogP contribution in [0.3, 0.4) is 0 Å². The minimum absolute atomic E-state index is 0. The van der Waals surface area contributed by atoms with Gasteiger partial charge in [0, 0.05) is 0 Å². The summed E-state index contributed by atoms with van der Waals surface area (Å²) in [6, 6.07) is 11.3. The molecule has 0 fully saturated rings. The van der Waals surface area contributed by atoms with Crippen molar-refractivity contribution in [3.63, 3.8) is 0 Å². The third kappa shape index (κ3) is 6.31. The quantitative estimate of drug-likeness (QED) is 0.423. The first-order valence-corrected chi connectivity index (χ1v) is 9.40. The topological polar surface area (TPSA) is 86.7 Å². The van der Waals surface area contributed by atoms with Gasteiger partial charge in [0.15, 0.2) is 0 Å². The fourth-order valence-corrected chi connectivity index (χ4v) is 3.24. The maximum atomic E-state index is 12.6. The van der Waals surface area contributed by atoms with Crippen LogP contribution in [0.2, 0.25) is 0 Å². The Morgan fingerprint density at radius 3 is 2.32 bits per heavy atom. The second-order valence-corrected chi connectivity index (χ2v) is 6.96. The van der Waals surface area contributed by atoms with Crippen molar-refractivity contribution in [3.05, 3.63) is 48.0 Å². The third-order valence-electron chi connectivity index (χ3n) is 3.71. The van der Waals surface area contributed by atoms with Crippen molar-refractivity contribution >= 4 is 10.1 Å². The molecule has 2 rings (SSSR count). The summed E-state index contributed by atoms with van der Waals surface area (Å²) in [5.74, 6) is 0.0516. The van der Waals surface area contributed by atoms with E-state index < -0.39 is 15.9 Å². The van der Waals surface area contributed by atoms with Gasteiger partial charge in [0.25, 0.3) is 10.1 Å². The number of unbranched alkanes of at least 4 members (excludes halogenated alkanes) is 3. The van der Waals surface area contributed by atoms with Crippen molar-refractivity contribution in [2.24, 2.45) is 0 Å². The van der Waals surface area contributed by atoms with Crippen molar-refractivity contribution < 1.29 is 52.4 Å². The monoisotopic (exact) mass is 372 g/mol. The number of para-hydroxylation sites is 1. The van der Waals surface area contributed by atoms with E-state index in [1.807, 2.05) is 6.07 Å². The van der Waals surface area contributed by atoms with Crippen LogP contribution in [0.5, 0.6) is 17.2 Å². The molecule has 1 N–H and O–H groups in total. The van der Waals surface area contributed by atoms with Gasteiger partial charge in [-0.15, -0.1) is 0 Å². The molecular formula is C18H21NaO5S. The van der Waals surface area contributed by atoms with Gasteiger partial charge in [0.2, 0.25) is 0 Å². The minimum atomic E-state index is -4.44. The molecule has 0 radical (unpaired) electrons. The van der Waals surface area contributed by atoms with Crippen molar-refractivity contribution in [1.29, 1.82) is 0 Å². The second-order valence-electron chi connectivity index (χ2n) is 5.57. The fourth-order valence-electron chi connectivity index (χ4n) is 2.49. The predicted molar refractivity (Wildman–Crippen MR) is 90.1 cm³/mol. The smallest absolute Gasteiger partial charge is 0.870 e. The van der Waals surface area contributed by atoms with Gasteiger partial charge in [0.1, 0.15) is 11.5 Å². The first-order valence-electron chi connectivity index (χ1n) is 7.96. The van der Waals surface area contributed by atoms with Gasteiger partial charge in [-0.05, 0) is 42.7 Å². The number of ether oxygens (including phenoxy) is 1. The SMILES string of the molecule is CCCCCCc1c(S(=O)(=O)O)ccc(Oc2ccccc2)c1[O-].[Na+]. The Bertz CT molecular complexity index is 776. The zero-order chi connectivity index (χ0) is 17.6. The van der Waals surface area contributed by atoms with Gasteiger partial charge in [-0.1, -0.05) is 50.1 Å². The molecule has 2 aromatic carbocycles. The van der Waals surface area contributed by atoms with Crippen LogP contribution >= 0.6 is 0 Å². The fraction of sp³-hybridized carbons (Fsp3) is 0.333. The van der Waals surface area contributed by atoms with Gasteiger partial charge in [-0.3, -0.25) is 4.55 Å². The summed E-state index contributed by atoms with van der Waals surface area (Å²) in [6.07, 6.45) is 3.91. The average Bonchev–Trinajstić information content (AvgIpc) is 2.54. The van der Waals surface area contributed by atoms with Crippen LogP contribution in [0, 0.1) is 0 Å². The van der Waals surface area contributed by atoms with Gasteiger partial charge in [0.05, 0.1) is 4.90 Å². The number of benzene rings is 2. The Kier molecular flexibility index (Phi) is 8.96. The van der Waals surface area contributed by atoms with Crippen LogP contribution < -0.4 is 39.4 Å². The van der Waals surface area contributed by atoms with Crippen LogP contribution in [0.4, 0.5) is 0 Å². The summed E-state index contributed by atoms with van der Waals surface area (Å²) in [5, 5.41) is 12.6. The Balaban J connectivity index is 0.00000312. The summed E-state index contributed by atoms with van der Waals surface area (Å²) in [5.41, 5.74) is 0.0852. The van der Waals surface area contributed by atoms with Crippen LogP contribution in [0.25, 0.3) is 0 Å². The normalized spacial score (nSPS) is 11.0. The minimum Gasteiger partial charge on any atom is -0.870 e. The van der Waals surface area contributed by atoms with E-state index in [9.17, 15) is 18.1 Å². The number of rotatable bonds is 8. The van der Waals surface area contributed by atoms with Crippen LogP contribution in [-0.4, -0.2) is 13.0 Å². The molecule has 2 aromatic rings. The predicted octanol–water partition coefficient (Wildman–Crippen LogP) is 0.926. The van der Waals surface area contributed by atoms with Crippen LogP contribution in [0.15, 0.2) is 47.4 Å². The van der Waals surface area contributed by atoms with E-state index in [4.69, 9.17) is 4.74 Å². The molecule has 0 unspecified atom stereocenters. The zero-order valence-corrected chi connectivity index (χ0v) is 17.4. The summed E-state index contributed by atoms with van der Waals surface area (Å²) < 4.78 is 38.0. The van der Waals surface area contributed by atoms with Gasteiger partial charge in [-0.25, -0.2) is 0 Å². The third-order valence-corrected chi connectivity index (χ3v) is 4.65. The molecule has 5 nitrogen and oxygen atoms in total. The summed E-state index contributed by atoms with van der Waals surface area (Å²) >= 11 is 0. The van der Waals surface area contributed by atoms with Crippen LogP contribution in [-0.2, 0) is 16.5 Å². The summed E-state index contributed by atoms with van der Waals surface area (Å²) in [7, 11) is -4.44. The molecule has 0 aromatic heterocycles. The maximum Gasteiger partial charge on any atom is 1.00 e. The van der Waals surface area contributed by atoms with E-state index in [1.54, 1.807) is 24.3 Å². The molecule has 0 amide bonds. The van der Waals surface area contributed by atoms with Gasteiger partial charge >= 0.3 is 29.6 Å². The molecule has 0 saturated heterocycles. The van der Waals surface area contributed by atoms with Crippen molar-refractivity contribution in [2.45, 2.75) is 43.9 Å². The molecular weight excluding hydrogens is 351 g/mol. The van der Waals surface area contributed by atoms with Crippen molar-refractivity contribution in [2.75, 3.05) is 0 Å². The Labute approximate surface area is 171 Å². The molecule has 0 saturated carbocycles. The van der Waals surface area contributed by atoms with Crippen molar-refractivity contribution in [1.82, 2.24) is 0 Å². The Morgan fingerprint density at radius 2 is 1.72 bits per heavy atom. The second kappa shape index (κ2) is 10.2. The van der Waals surface area contributed by atoms with Gasteiger partial charge < -0.3 is 9.84 Å². The molecule has 0 heterocycles. The van der Waals surface area contributed by atoms with E-state index in [-0.39, 0.29) is 45.8 Å². The van der Waals surface area contributed by atoms with E-state index in [0.29, 0.717) is 18.6 Å². The van der Waals surface area contributed by atoms with E-state index in [2.05, 4.69) is 6.92 Å². The molecule has 7 heteroatoms. The molecule has 25 heavy (non-hydrogen) atoms. The largest absolute Gasteiger partial charge is 1.00 e. The molecule has 0 aliphatic heterocycles. The standard InChI is InChI=1S/C18H22O5S.Na/c1-2-3-4-8-11-15-17(24(20,21)22)13-12-16(18(15)19)23-14-9-6-5-7-10-14;/h5-7,9-10,12-13,19H,2-4,8,11H2,1H3,(H,20,21,22);/q;+1/p-1. The Hall–Kier alpha value is -1.05. The molecule has 0 bridgehead atoms. The molecule has 0 aliphatic rings. The van der Waals surface area contributed by atoms with Crippen LogP contribution in [0.1, 0.15) is 38.2 Å². The zero-order valence-electron chi connectivity index (χ0n) is 14.6. The van der Waals surface area contributed by atoms with Gasteiger partial charge in [-0.2, -0.15) is 8.42 Å². The summed E-state index contributed by atoms with van der Waals surface area (Å²) in [6.45, 7) is 2.07. The number of hydrogen-bond acceptors (Lipinski definition) is 4. The molecule has 0 aliphatic carbocycles. The number of hydrogen-bond donors (Lipinski definition) is 1. The first-order chi connectivity index (χ1) is 11.4. The molecule has 130 valence electrons. The molecule has 0 spiro atoms. The first kappa shape index (κ1) is 22.0. The summed E-state index contributed by atoms with van der Waals surface area (Å²) in [4.78, 5) is -0.329. The van der Waals surface area contributed by atoms with E-state index in [1.165, 1.54) is 12.1 Å². The van der Waals surface area contributed by atoms with E-state index in [0.717, 1.165) is 19.3 Å². The Morgan fingerprint density at radius 1 is 1.04 bits per heavy atom. The maximum absolute atomic E-state index is 12.6. The average molecular weight is 372 g/mol. The van der Waals surface area contributed by atoms with Crippen molar-refractivity contribution in [3.8, 4) is 17.2 Å².